The van der Waals surface area contributed by atoms with Crippen molar-refractivity contribution in [2.75, 3.05) is 0 Å². The summed E-state index contributed by atoms with van der Waals surface area (Å²) < 4.78 is 38.0. The van der Waals surface area contributed by atoms with Crippen molar-refractivity contribution in [2.45, 2.75) is 30.7 Å². The molecule has 1 atom stereocenters. The third-order valence-electron chi connectivity index (χ3n) is 2.93. The molecule has 0 radical (unpaired) electrons. The summed E-state index contributed by atoms with van der Waals surface area (Å²) in [6.07, 6.45) is -4.59. The first-order chi connectivity index (χ1) is 7.34. The lowest BCUT2D eigenvalue weighted by Crippen LogP contribution is -2.31. The molecule has 0 aliphatic heterocycles. The second-order valence-electron chi connectivity index (χ2n) is 4.22. The minimum absolute atomic E-state index is 0.130. The van der Waals surface area contributed by atoms with Crippen LogP contribution >= 0.6 is 0 Å². The standard InChI is InChI=1S/C11H12F3NO/c12-11(13,14)8-4-2-1-3-7(8)9(16)10(15)5-6-10/h1-4,9,16H,5-6,15H2. The Morgan fingerprint density at radius 3 is 2.31 bits per heavy atom. The number of aliphatic hydroxyl groups excluding tert-OH is 1. The molecule has 1 fully saturated rings. The normalized spacial score (nSPS) is 20.6. The van der Waals surface area contributed by atoms with Gasteiger partial charge in [-0.25, -0.2) is 0 Å². The zero-order valence-electron chi connectivity index (χ0n) is 8.46. The fourth-order valence-corrected chi connectivity index (χ4v) is 1.72. The Hall–Kier alpha value is -1.07. The maximum absolute atomic E-state index is 12.7. The van der Waals surface area contributed by atoms with E-state index in [0.717, 1.165) is 6.07 Å². The number of halogens is 3. The second-order valence-corrected chi connectivity index (χ2v) is 4.22. The Bertz CT molecular complexity index is 398. The molecule has 1 aromatic carbocycles. The van der Waals surface area contributed by atoms with E-state index >= 15 is 0 Å². The van der Waals surface area contributed by atoms with E-state index in [4.69, 9.17) is 5.73 Å². The van der Waals surface area contributed by atoms with Gasteiger partial charge in [0.2, 0.25) is 0 Å². The molecule has 16 heavy (non-hydrogen) atoms. The Kier molecular flexibility index (Phi) is 2.47. The molecule has 0 aromatic heterocycles. The Labute approximate surface area is 90.9 Å². The van der Waals surface area contributed by atoms with Crippen LogP contribution in [0.15, 0.2) is 24.3 Å². The smallest absolute Gasteiger partial charge is 0.386 e. The number of benzene rings is 1. The molecule has 0 heterocycles. The van der Waals surface area contributed by atoms with Gasteiger partial charge in [-0.05, 0) is 24.5 Å². The molecular weight excluding hydrogens is 219 g/mol. The van der Waals surface area contributed by atoms with Crippen LogP contribution in [-0.4, -0.2) is 10.6 Å². The monoisotopic (exact) mass is 231 g/mol. The van der Waals surface area contributed by atoms with Crippen molar-refractivity contribution < 1.29 is 18.3 Å². The Morgan fingerprint density at radius 2 is 1.81 bits per heavy atom. The van der Waals surface area contributed by atoms with Crippen molar-refractivity contribution in [1.82, 2.24) is 0 Å². The van der Waals surface area contributed by atoms with Crippen LogP contribution in [0.4, 0.5) is 13.2 Å². The maximum Gasteiger partial charge on any atom is 0.416 e. The van der Waals surface area contributed by atoms with E-state index in [0.29, 0.717) is 12.8 Å². The third-order valence-corrected chi connectivity index (χ3v) is 2.93. The maximum atomic E-state index is 12.7. The highest BCUT2D eigenvalue weighted by molar-refractivity contribution is 5.34. The van der Waals surface area contributed by atoms with E-state index in [1.165, 1.54) is 18.2 Å². The minimum Gasteiger partial charge on any atom is -0.386 e. The first-order valence-corrected chi connectivity index (χ1v) is 4.98. The first-order valence-electron chi connectivity index (χ1n) is 4.98. The average molecular weight is 231 g/mol. The van der Waals surface area contributed by atoms with Crippen LogP contribution in [0.3, 0.4) is 0 Å². The van der Waals surface area contributed by atoms with Gasteiger partial charge in [0.15, 0.2) is 0 Å². The van der Waals surface area contributed by atoms with Crippen LogP contribution in [-0.2, 0) is 6.18 Å². The van der Waals surface area contributed by atoms with Gasteiger partial charge in [-0.15, -0.1) is 0 Å². The summed E-state index contributed by atoms with van der Waals surface area (Å²) in [5.74, 6) is 0. The number of alkyl halides is 3. The summed E-state index contributed by atoms with van der Waals surface area (Å²) in [7, 11) is 0. The van der Waals surface area contributed by atoms with E-state index in [1.54, 1.807) is 0 Å². The molecule has 1 saturated carbocycles. The number of hydrogen-bond donors (Lipinski definition) is 2. The van der Waals surface area contributed by atoms with Gasteiger partial charge >= 0.3 is 6.18 Å². The highest BCUT2D eigenvalue weighted by atomic mass is 19.4. The van der Waals surface area contributed by atoms with Gasteiger partial charge < -0.3 is 10.8 Å². The molecule has 3 N–H and O–H groups in total. The largest absolute Gasteiger partial charge is 0.416 e. The van der Waals surface area contributed by atoms with Gasteiger partial charge in [-0.1, -0.05) is 18.2 Å². The predicted octanol–water partition coefficient (Wildman–Crippen LogP) is 2.23. The molecular formula is C11H12F3NO. The van der Waals surface area contributed by atoms with E-state index in [2.05, 4.69) is 0 Å². The Morgan fingerprint density at radius 1 is 1.25 bits per heavy atom. The number of rotatable bonds is 2. The second kappa shape index (κ2) is 3.46. The van der Waals surface area contributed by atoms with Crippen LogP contribution < -0.4 is 5.73 Å². The number of nitrogens with two attached hydrogens (primary N) is 1. The molecule has 2 nitrogen and oxygen atoms in total. The molecule has 0 bridgehead atoms. The van der Waals surface area contributed by atoms with Crippen molar-refractivity contribution in [1.29, 1.82) is 0 Å². The van der Waals surface area contributed by atoms with Gasteiger partial charge in [-0.2, -0.15) is 13.2 Å². The highest BCUT2D eigenvalue weighted by Gasteiger charge is 2.48. The number of aliphatic hydroxyl groups is 1. The zero-order chi connectivity index (χ0) is 12.0. The third kappa shape index (κ3) is 1.92. The van der Waals surface area contributed by atoms with Gasteiger partial charge in [0, 0.05) is 5.54 Å². The lowest BCUT2D eigenvalue weighted by Gasteiger charge is -2.21. The van der Waals surface area contributed by atoms with Crippen LogP contribution in [0.5, 0.6) is 0 Å². The summed E-state index contributed by atoms with van der Waals surface area (Å²) in [6, 6.07) is 5.01. The predicted molar refractivity (Wildman–Crippen MR) is 52.6 cm³/mol. The molecule has 1 aromatic rings. The van der Waals surface area contributed by atoms with Gasteiger partial charge in [0.05, 0.1) is 11.7 Å². The highest BCUT2D eigenvalue weighted by Crippen LogP contribution is 2.46. The van der Waals surface area contributed by atoms with Crippen LogP contribution in [0.25, 0.3) is 0 Å². The quantitative estimate of drug-likeness (QED) is 0.819. The first kappa shape index (κ1) is 11.4. The molecule has 0 spiro atoms. The van der Waals surface area contributed by atoms with Crippen molar-refractivity contribution in [3.63, 3.8) is 0 Å². The number of hydrogen-bond acceptors (Lipinski definition) is 2. The average Bonchev–Trinajstić information content (AvgIpc) is 2.95. The minimum atomic E-state index is -4.46. The van der Waals surface area contributed by atoms with Crippen LogP contribution in [0.1, 0.15) is 30.1 Å². The van der Waals surface area contributed by atoms with Crippen LogP contribution in [0.2, 0.25) is 0 Å². The molecule has 1 aliphatic rings. The van der Waals surface area contributed by atoms with Gasteiger partial charge in [0.1, 0.15) is 0 Å². The van der Waals surface area contributed by atoms with E-state index in [-0.39, 0.29) is 5.56 Å². The van der Waals surface area contributed by atoms with E-state index in [1.807, 2.05) is 0 Å². The molecule has 5 heteroatoms. The van der Waals surface area contributed by atoms with Gasteiger partial charge in [0.25, 0.3) is 0 Å². The fourth-order valence-electron chi connectivity index (χ4n) is 1.72. The summed E-state index contributed by atoms with van der Waals surface area (Å²) in [4.78, 5) is 0. The summed E-state index contributed by atoms with van der Waals surface area (Å²) in [6.45, 7) is 0. The van der Waals surface area contributed by atoms with E-state index < -0.39 is 23.4 Å². The lowest BCUT2D eigenvalue weighted by atomic mass is 9.96. The summed E-state index contributed by atoms with van der Waals surface area (Å²) >= 11 is 0. The molecule has 1 unspecified atom stereocenters. The van der Waals surface area contributed by atoms with Crippen molar-refractivity contribution in [2.24, 2.45) is 5.73 Å². The molecule has 1 aliphatic carbocycles. The van der Waals surface area contributed by atoms with Crippen LogP contribution in [0, 0.1) is 0 Å². The lowest BCUT2D eigenvalue weighted by molar-refractivity contribution is -0.139. The molecule has 2 rings (SSSR count). The van der Waals surface area contributed by atoms with Crippen molar-refractivity contribution >= 4 is 0 Å². The molecule has 0 amide bonds. The Balaban J connectivity index is 2.40. The van der Waals surface area contributed by atoms with E-state index in [9.17, 15) is 18.3 Å². The topological polar surface area (TPSA) is 46.2 Å². The fraction of sp³-hybridized carbons (Fsp3) is 0.455. The summed E-state index contributed by atoms with van der Waals surface area (Å²) in [5.41, 5.74) is 3.91. The zero-order valence-corrected chi connectivity index (χ0v) is 8.46. The summed E-state index contributed by atoms with van der Waals surface area (Å²) in [5, 5.41) is 9.84. The SMILES string of the molecule is NC1(C(O)c2ccccc2C(F)(F)F)CC1. The molecule has 0 saturated heterocycles. The molecule has 88 valence electrons. The van der Waals surface area contributed by atoms with Crippen molar-refractivity contribution in [3.8, 4) is 0 Å². The van der Waals surface area contributed by atoms with Crippen molar-refractivity contribution in [3.05, 3.63) is 35.4 Å². The van der Waals surface area contributed by atoms with Gasteiger partial charge in [-0.3, -0.25) is 0 Å².